The van der Waals surface area contributed by atoms with Gasteiger partial charge >= 0.3 is 6.18 Å². The Morgan fingerprint density at radius 3 is 2.29 bits per heavy atom. The number of hydrogen-bond donors (Lipinski definition) is 1. The summed E-state index contributed by atoms with van der Waals surface area (Å²) in [4.78, 5) is 0. The summed E-state index contributed by atoms with van der Waals surface area (Å²) in [6, 6.07) is 0.709. The molecule has 0 saturated carbocycles. The SMILES string of the molecule is OC(OCc1cc(F)cc(F)c1F)C(F)(F)F. The summed E-state index contributed by atoms with van der Waals surface area (Å²) >= 11 is 0. The molecule has 96 valence electrons. The maximum Gasteiger partial charge on any atom is 0.439 e. The largest absolute Gasteiger partial charge is 0.439 e. The monoisotopic (exact) mass is 260 g/mol. The zero-order valence-corrected chi connectivity index (χ0v) is 8.06. The van der Waals surface area contributed by atoms with Gasteiger partial charge in [0, 0.05) is 11.6 Å². The van der Waals surface area contributed by atoms with Crippen LogP contribution in [0.15, 0.2) is 12.1 Å². The van der Waals surface area contributed by atoms with Gasteiger partial charge in [-0.15, -0.1) is 0 Å². The first-order valence-corrected chi connectivity index (χ1v) is 4.21. The number of hydrogen-bond acceptors (Lipinski definition) is 2. The van der Waals surface area contributed by atoms with Crippen LogP contribution in [0.5, 0.6) is 0 Å². The predicted octanol–water partition coefficient (Wildman–Crippen LogP) is 2.50. The second kappa shape index (κ2) is 4.92. The minimum atomic E-state index is -5.05. The van der Waals surface area contributed by atoms with E-state index in [0.29, 0.717) is 6.07 Å². The van der Waals surface area contributed by atoms with E-state index in [-0.39, 0.29) is 6.07 Å². The lowest BCUT2D eigenvalue weighted by molar-refractivity contribution is -0.297. The third-order valence-electron chi connectivity index (χ3n) is 1.75. The highest BCUT2D eigenvalue weighted by atomic mass is 19.4. The van der Waals surface area contributed by atoms with Crippen LogP contribution in [0.2, 0.25) is 0 Å². The molecule has 17 heavy (non-hydrogen) atoms. The first-order valence-electron chi connectivity index (χ1n) is 4.21. The van der Waals surface area contributed by atoms with Gasteiger partial charge in [0.1, 0.15) is 5.82 Å². The fourth-order valence-electron chi connectivity index (χ4n) is 0.978. The Labute approximate surface area is 91.4 Å². The van der Waals surface area contributed by atoms with E-state index in [9.17, 15) is 26.3 Å². The summed E-state index contributed by atoms with van der Waals surface area (Å²) in [7, 11) is 0. The van der Waals surface area contributed by atoms with Crippen molar-refractivity contribution >= 4 is 0 Å². The molecule has 0 amide bonds. The average Bonchev–Trinajstić information content (AvgIpc) is 2.19. The van der Waals surface area contributed by atoms with Gasteiger partial charge in [0.2, 0.25) is 0 Å². The van der Waals surface area contributed by atoms with Gasteiger partial charge in [0.15, 0.2) is 11.6 Å². The van der Waals surface area contributed by atoms with Gasteiger partial charge in [-0.05, 0) is 6.07 Å². The van der Waals surface area contributed by atoms with Crippen molar-refractivity contribution in [3.05, 3.63) is 35.1 Å². The zero-order valence-electron chi connectivity index (χ0n) is 8.06. The van der Waals surface area contributed by atoms with Gasteiger partial charge in [-0.2, -0.15) is 13.2 Å². The molecule has 0 radical (unpaired) electrons. The van der Waals surface area contributed by atoms with Crippen LogP contribution >= 0.6 is 0 Å². The third-order valence-corrected chi connectivity index (χ3v) is 1.75. The van der Waals surface area contributed by atoms with Gasteiger partial charge < -0.3 is 9.84 Å². The molecule has 0 fully saturated rings. The summed E-state index contributed by atoms with van der Waals surface area (Å²) in [6.07, 6.45) is -8.20. The van der Waals surface area contributed by atoms with Crippen LogP contribution in [0, 0.1) is 17.5 Å². The van der Waals surface area contributed by atoms with E-state index in [1.807, 2.05) is 0 Å². The zero-order chi connectivity index (χ0) is 13.2. The van der Waals surface area contributed by atoms with Crippen LogP contribution in [0.1, 0.15) is 5.56 Å². The lowest BCUT2D eigenvalue weighted by Crippen LogP contribution is -2.31. The normalized spacial score (nSPS) is 13.8. The Balaban J connectivity index is 2.76. The highest BCUT2D eigenvalue weighted by Gasteiger charge is 2.39. The van der Waals surface area contributed by atoms with E-state index in [2.05, 4.69) is 4.74 Å². The molecular weight excluding hydrogens is 254 g/mol. The summed E-state index contributed by atoms with van der Waals surface area (Å²) in [5.74, 6) is -4.24. The van der Waals surface area contributed by atoms with Crippen molar-refractivity contribution < 1.29 is 36.2 Å². The topological polar surface area (TPSA) is 29.5 Å². The second-order valence-corrected chi connectivity index (χ2v) is 3.07. The molecule has 0 aliphatic heterocycles. The molecule has 8 heteroatoms. The van der Waals surface area contributed by atoms with Crippen LogP contribution in [0.4, 0.5) is 26.3 Å². The molecular formula is C9H6F6O2. The lowest BCUT2D eigenvalue weighted by atomic mass is 10.2. The quantitative estimate of drug-likeness (QED) is 0.514. The summed E-state index contributed by atoms with van der Waals surface area (Å²) < 4.78 is 77.4. The molecule has 2 nitrogen and oxygen atoms in total. The molecule has 0 aromatic heterocycles. The predicted molar refractivity (Wildman–Crippen MR) is 43.2 cm³/mol. The van der Waals surface area contributed by atoms with Crippen molar-refractivity contribution in [3.8, 4) is 0 Å². The smallest absolute Gasteiger partial charge is 0.361 e. The number of aliphatic hydroxyl groups excluding tert-OH is 1. The Morgan fingerprint density at radius 2 is 1.76 bits per heavy atom. The standard InChI is InChI=1S/C9H6F6O2/c10-5-1-4(7(12)6(11)2-5)3-17-8(16)9(13,14)15/h1-2,8,16H,3H2. The fourth-order valence-corrected chi connectivity index (χ4v) is 0.978. The van der Waals surface area contributed by atoms with Gasteiger partial charge in [-0.1, -0.05) is 0 Å². The average molecular weight is 260 g/mol. The number of alkyl halides is 3. The second-order valence-electron chi connectivity index (χ2n) is 3.07. The van der Waals surface area contributed by atoms with Crippen molar-refractivity contribution in [2.75, 3.05) is 0 Å². The Bertz CT molecular complexity index is 403. The van der Waals surface area contributed by atoms with Crippen molar-refractivity contribution in [3.63, 3.8) is 0 Å². The molecule has 0 heterocycles. The van der Waals surface area contributed by atoms with E-state index < -0.39 is 42.1 Å². The molecule has 0 aliphatic carbocycles. The van der Waals surface area contributed by atoms with Crippen LogP contribution < -0.4 is 0 Å². The van der Waals surface area contributed by atoms with Gasteiger partial charge in [0.05, 0.1) is 6.61 Å². The van der Waals surface area contributed by atoms with Gasteiger partial charge in [0.25, 0.3) is 6.29 Å². The number of halogens is 6. The Kier molecular flexibility index (Phi) is 3.99. The molecule has 0 saturated heterocycles. The summed E-state index contributed by atoms with van der Waals surface area (Å²) in [6.45, 7) is -1.11. The van der Waals surface area contributed by atoms with Gasteiger partial charge in [-0.25, -0.2) is 13.2 Å². The molecule has 1 atom stereocenters. The number of benzene rings is 1. The van der Waals surface area contributed by atoms with Gasteiger partial charge in [-0.3, -0.25) is 0 Å². The van der Waals surface area contributed by atoms with Crippen molar-refractivity contribution in [1.82, 2.24) is 0 Å². The van der Waals surface area contributed by atoms with Crippen molar-refractivity contribution in [2.24, 2.45) is 0 Å². The van der Waals surface area contributed by atoms with E-state index in [4.69, 9.17) is 5.11 Å². The summed E-state index contributed by atoms with van der Waals surface area (Å²) in [5.41, 5.74) is -0.759. The number of aliphatic hydroxyl groups is 1. The lowest BCUT2D eigenvalue weighted by Gasteiger charge is -2.15. The highest BCUT2D eigenvalue weighted by molar-refractivity contribution is 5.19. The van der Waals surface area contributed by atoms with Crippen molar-refractivity contribution in [1.29, 1.82) is 0 Å². The number of ether oxygens (including phenoxy) is 1. The molecule has 1 aromatic carbocycles. The van der Waals surface area contributed by atoms with E-state index in [1.54, 1.807) is 0 Å². The molecule has 0 aliphatic rings. The molecule has 1 N–H and O–H groups in total. The van der Waals surface area contributed by atoms with Crippen LogP contribution in [0.3, 0.4) is 0 Å². The molecule has 1 rings (SSSR count). The first-order chi connectivity index (χ1) is 7.71. The van der Waals surface area contributed by atoms with E-state index in [1.165, 1.54) is 0 Å². The molecule has 1 unspecified atom stereocenters. The van der Waals surface area contributed by atoms with Crippen molar-refractivity contribution in [2.45, 2.75) is 19.1 Å². The third kappa shape index (κ3) is 3.60. The number of rotatable bonds is 3. The fraction of sp³-hybridized carbons (Fsp3) is 0.333. The van der Waals surface area contributed by atoms with E-state index in [0.717, 1.165) is 0 Å². The Morgan fingerprint density at radius 1 is 1.18 bits per heavy atom. The maximum absolute atomic E-state index is 12.9. The Hall–Kier alpha value is -1.28. The first kappa shape index (κ1) is 13.8. The molecule has 0 bridgehead atoms. The summed E-state index contributed by atoms with van der Waals surface area (Å²) in [5, 5.41) is 8.42. The van der Waals surface area contributed by atoms with Crippen LogP contribution in [-0.4, -0.2) is 17.6 Å². The molecule has 0 spiro atoms. The molecule has 1 aromatic rings. The maximum atomic E-state index is 12.9. The van der Waals surface area contributed by atoms with Crippen LogP contribution in [-0.2, 0) is 11.3 Å². The highest BCUT2D eigenvalue weighted by Crippen LogP contribution is 2.23. The minimum absolute atomic E-state index is 0.235. The van der Waals surface area contributed by atoms with E-state index >= 15 is 0 Å². The van der Waals surface area contributed by atoms with Crippen LogP contribution in [0.25, 0.3) is 0 Å². The minimum Gasteiger partial charge on any atom is -0.361 e.